The molecule has 0 unspecified atom stereocenters. The summed E-state index contributed by atoms with van der Waals surface area (Å²) in [6.45, 7) is 0. The number of hydrogen-bond acceptors (Lipinski definition) is 4. The van der Waals surface area contributed by atoms with E-state index in [1.165, 1.54) is 6.21 Å². The SMILES string of the molecule is N#Cc1cn(C2CC2)c2ccc(N=CC(=CN)C(=O)O)cc12. The first-order valence-electron chi connectivity index (χ1n) is 6.88. The number of nitriles is 1. The average molecular weight is 294 g/mol. The number of benzene rings is 1. The second-order valence-electron chi connectivity index (χ2n) is 5.18. The van der Waals surface area contributed by atoms with Crippen molar-refractivity contribution in [3.05, 3.63) is 41.7 Å². The molecule has 1 heterocycles. The number of fused-ring (bicyclic) bond motifs is 1. The minimum Gasteiger partial charge on any atom is -0.478 e. The monoisotopic (exact) mass is 294 g/mol. The highest BCUT2D eigenvalue weighted by Gasteiger charge is 2.25. The van der Waals surface area contributed by atoms with Crippen LogP contribution in [0.2, 0.25) is 0 Å². The van der Waals surface area contributed by atoms with Gasteiger partial charge in [-0.15, -0.1) is 0 Å². The maximum atomic E-state index is 10.9. The predicted molar refractivity (Wildman–Crippen MR) is 83.0 cm³/mol. The molecule has 0 bridgehead atoms. The Hall–Kier alpha value is -3.07. The molecule has 3 N–H and O–H groups in total. The summed E-state index contributed by atoms with van der Waals surface area (Å²) in [4.78, 5) is 15.0. The van der Waals surface area contributed by atoms with Crippen LogP contribution in [-0.4, -0.2) is 21.9 Å². The van der Waals surface area contributed by atoms with Crippen molar-refractivity contribution >= 4 is 28.8 Å². The maximum absolute atomic E-state index is 10.9. The third-order valence-corrected chi connectivity index (χ3v) is 3.66. The van der Waals surface area contributed by atoms with Crippen LogP contribution in [0.25, 0.3) is 10.9 Å². The summed E-state index contributed by atoms with van der Waals surface area (Å²) in [7, 11) is 0. The second-order valence-corrected chi connectivity index (χ2v) is 5.18. The summed E-state index contributed by atoms with van der Waals surface area (Å²) in [5.74, 6) is -1.13. The van der Waals surface area contributed by atoms with Crippen molar-refractivity contribution in [3.8, 4) is 6.07 Å². The van der Waals surface area contributed by atoms with Crippen LogP contribution in [0.1, 0.15) is 24.4 Å². The highest BCUT2D eigenvalue weighted by atomic mass is 16.4. The van der Waals surface area contributed by atoms with Gasteiger partial charge in [-0.1, -0.05) is 0 Å². The van der Waals surface area contributed by atoms with Gasteiger partial charge in [-0.2, -0.15) is 5.26 Å². The topological polar surface area (TPSA) is 104 Å². The number of nitrogens with zero attached hydrogens (tertiary/aromatic N) is 3. The molecule has 1 saturated carbocycles. The quantitative estimate of drug-likeness (QED) is 0.667. The molecule has 2 aromatic rings. The number of hydrogen-bond donors (Lipinski definition) is 2. The Morgan fingerprint density at radius 3 is 2.86 bits per heavy atom. The van der Waals surface area contributed by atoms with Gasteiger partial charge in [0.2, 0.25) is 0 Å². The van der Waals surface area contributed by atoms with Gasteiger partial charge in [-0.05, 0) is 31.0 Å². The minimum atomic E-state index is -1.13. The lowest BCUT2D eigenvalue weighted by atomic mass is 10.1. The first-order chi connectivity index (χ1) is 10.6. The summed E-state index contributed by atoms with van der Waals surface area (Å²) >= 11 is 0. The van der Waals surface area contributed by atoms with Gasteiger partial charge < -0.3 is 15.4 Å². The third kappa shape index (κ3) is 2.44. The molecular formula is C16H14N4O2. The number of aromatic nitrogens is 1. The van der Waals surface area contributed by atoms with Gasteiger partial charge in [-0.3, -0.25) is 4.99 Å². The van der Waals surface area contributed by atoms with Crippen molar-refractivity contribution in [3.63, 3.8) is 0 Å². The van der Waals surface area contributed by atoms with E-state index in [4.69, 9.17) is 10.8 Å². The van der Waals surface area contributed by atoms with Gasteiger partial charge in [0, 0.05) is 35.6 Å². The molecule has 1 fully saturated rings. The van der Waals surface area contributed by atoms with E-state index in [1.54, 1.807) is 12.1 Å². The fourth-order valence-electron chi connectivity index (χ4n) is 2.38. The molecule has 1 aromatic carbocycles. The first kappa shape index (κ1) is 13.9. The van der Waals surface area contributed by atoms with Crippen LogP contribution >= 0.6 is 0 Å². The van der Waals surface area contributed by atoms with Crippen molar-refractivity contribution < 1.29 is 9.90 Å². The summed E-state index contributed by atoms with van der Waals surface area (Å²) < 4.78 is 2.13. The Bertz CT molecular complexity index is 851. The Morgan fingerprint density at radius 2 is 2.27 bits per heavy atom. The van der Waals surface area contributed by atoms with Crippen LogP contribution in [-0.2, 0) is 4.79 Å². The zero-order chi connectivity index (χ0) is 15.7. The van der Waals surface area contributed by atoms with E-state index >= 15 is 0 Å². The molecule has 0 saturated heterocycles. The normalized spacial score (nSPS) is 15.3. The molecule has 1 aliphatic rings. The summed E-state index contributed by atoms with van der Waals surface area (Å²) in [5, 5.41) is 19.0. The molecule has 0 atom stereocenters. The maximum Gasteiger partial charge on any atom is 0.338 e. The molecule has 6 heteroatoms. The van der Waals surface area contributed by atoms with E-state index in [0.717, 1.165) is 29.9 Å². The molecular weight excluding hydrogens is 280 g/mol. The van der Waals surface area contributed by atoms with Crippen LogP contribution in [0.5, 0.6) is 0 Å². The van der Waals surface area contributed by atoms with Crippen LogP contribution in [0.4, 0.5) is 5.69 Å². The Morgan fingerprint density at radius 1 is 1.50 bits per heavy atom. The molecule has 1 aliphatic carbocycles. The van der Waals surface area contributed by atoms with E-state index in [2.05, 4.69) is 15.6 Å². The Kier molecular flexibility index (Phi) is 3.39. The molecule has 0 aliphatic heterocycles. The van der Waals surface area contributed by atoms with Crippen molar-refractivity contribution in [1.29, 1.82) is 5.26 Å². The second kappa shape index (κ2) is 5.37. The number of carbonyl (C=O) groups is 1. The van der Waals surface area contributed by atoms with Crippen LogP contribution in [0.15, 0.2) is 41.2 Å². The molecule has 6 nitrogen and oxygen atoms in total. The number of nitrogens with two attached hydrogens (primary N) is 1. The number of carboxylic acid groups (broad SMARTS) is 1. The fourth-order valence-corrected chi connectivity index (χ4v) is 2.38. The molecule has 110 valence electrons. The highest BCUT2D eigenvalue weighted by Crippen LogP contribution is 2.39. The van der Waals surface area contributed by atoms with Crippen molar-refractivity contribution in [1.82, 2.24) is 4.57 Å². The Labute approximate surface area is 126 Å². The van der Waals surface area contributed by atoms with Gasteiger partial charge in [-0.25, -0.2) is 4.79 Å². The lowest BCUT2D eigenvalue weighted by molar-refractivity contribution is -0.132. The van der Waals surface area contributed by atoms with Gasteiger partial charge in [0.15, 0.2) is 0 Å². The number of carboxylic acids is 1. The highest BCUT2D eigenvalue weighted by molar-refractivity contribution is 6.09. The van der Waals surface area contributed by atoms with Gasteiger partial charge in [0.25, 0.3) is 0 Å². The molecule has 22 heavy (non-hydrogen) atoms. The van der Waals surface area contributed by atoms with Gasteiger partial charge in [0.05, 0.1) is 16.8 Å². The number of rotatable bonds is 4. The van der Waals surface area contributed by atoms with E-state index < -0.39 is 5.97 Å². The number of aliphatic imine (C=N–C) groups is 1. The van der Waals surface area contributed by atoms with Crippen molar-refractivity contribution in [2.75, 3.05) is 0 Å². The van der Waals surface area contributed by atoms with E-state index in [1.807, 2.05) is 12.3 Å². The fraction of sp³-hybridized carbons (Fsp3) is 0.188. The van der Waals surface area contributed by atoms with E-state index in [9.17, 15) is 10.1 Å². The van der Waals surface area contributed by atoms with Crippen LogP contribution < -0.4 is 5.73 Å². The lowest BCUT2D eigenvalue weighted by Gasteiger charge is -2.02. The summed E-state index contributed by atoms with van der Waals surface area (Å²) in [5.41, 5.74) is 7.34. The Balaban J connectivity index is 2.01. The zero-order valence-corrected chi connectivity index (χ0v) is 11.7. The zero-order valence-electron chi connectivity index (χ0n) is 11.7. The standard InChI is InChI=1S/C16H14N4O2/c17-6-10(16(21)22)8-19-12-1-4-15-14(5-12)11(7-18)9-20(15)13-2-3-13/h1,4-6,8-9,13H,2-3,17H2,(H,21,22). The van der Waals surface area contributed by atoms with Crippen molar-refractivity contribution in [2.24, 2.45) is 10.7 Å². The first-order valence-corrected chi connectivity index (χ1v) is 6.88. The summed E-state index contributed by atoms with van der Waals surface area (Å²) in [6.07, 6.45) is 6.34. The third-order valence-electron chi connectivity index (χ3n) is 3.66. The summed E-state index contributed by atoms with van der Waals surface area (Å²) in [6, 6.07) is 8.18. The lowest BCUT2D eigenvalue weighted by Crippen LogP contribution is -2.03. The minimum absolute atomic E-state index is 0.0869. The molecule has 0 radical (unpaired) electrons. The average Bonchev–Trinajstić information content (AvgIpc) is 3.29. The molecule has 1 aromatic heterocycles. The molecule has 0 spiro atoms. The molecule has 0 amide bonds. The smallest absolute Gasteiger partial charge is 0.338 e. The van der Waals surface area contributed by atoms with E-state index in [0.29, 0.717) is 17.3 Å². The van der Waals surface area contributed by atoms with Gasteiger partial charge >= 0.3 is 5.97 Å². The predicted octanol–water partition coefficient (Wildman–Crippen LogP) is 2.48. The van der Waals surface area contributed by atoms with Gasteiger partial charge in [0.1, 0.15) is 6.07 Å². The largest absolute Gasteiger partial charge is 0.478 e. The number of aliphatic carboxylic acids is 1. The van der Waals surface area contributed by atoms with Crippen molar-refractivity contribution in [2.45, 2.75) is 18.9 Å². The van der Waals surface area contributed by atoms with Crippen LogP contribution in [0, 0.1) is 11.3 Å². The van der Waals surface area contributed by atoms with E-state index in [-0.39, 0.29) is 5.57 Å². The van der Waals surface area contributed by atoms with Crippen LogP contribution in [0.3, 0.4) is 0 Å². The molecule has 3 rings (SSSR count).